The van der Waals surface area contributed by atoms with Gasteiger partial charge in [0.15, 0.2) is 0 Å². The van der Waals surface area contributed by atoms with Gasteiger partial charge in [0.05, 0.1) is 12.8 Å². The smallest absolute Gasteiger partial charge is 0.143 e. The molecule has 1 aliphatic heterocycles. The normalized spacial score (nSPS) is 23.1. The Balaban J connectivity index is 2.02. The Kier molecular flexibility index (Phi) is 2.84. The maximum absolute atomic E-state index is 9.03. The first-order valence-electron chi connectivity index (χ1n) is 5.05. The number of aromatic nitrogens is 1. The number of hydrogen-bond donors (Lipinski definition) is 1. The molecule has 1 aromatic heterocycles. The van der Waals surface area contributed by atoms with Gasteiger partial charge in [-0.2, -0.15) is 0 Å². The third kappa shape index (κ3) is 1.81. The van der Waals surface area contributed by atoms with Crippen molar-refractivity contribution in [1.82, 2.24) is 10.1 Å². The van der Waals surface area contributed by atoms with Crippen LogP contribution in [0.3, 0.4) is 0 Å². The molecule has 1 unspecified atom stereocenters. The molecule has 0 bridgehead atoms. The molecule has 0 aliphatic carbocycles. The highest BCUT2D eigenvalue weighted by atomic mass is 16.5. The quantitative estimate of drug-likeness (QED) is 0.777. The molecule has 2 heterocycles. The lowest BCUT2D eigenvalue weighted by Gasteiger charge is -2.17. The summed E-state index contributed by atoms with van der Waals surface area (Å²) in [6.45, 7) is 1.18. The van der Waals surface area contributed by atoms with E-state index in [1.54, 1.807) is 6.20 Å². The van der Waals surface area contributed by atoms with Crippen LogP contribution in [0.1, 0.15) is 24.2 Å². The van der Waals surface area contributed by atoms with E-state index in [0.29, 0.717) is 6.04 Å². The van der Waals surface area contributed by atoms with E-state index >= 15 is 0 Å². The van der Waals surface area contributed by atoms with Gasteiger partial charge in [-0.05, 0) is 26.4 Å². The standard InChI is InChI=1S/C10H16N2O2/c1-12-4-2-3-9(12)5-10-8(7-13)6-11-14-10/h6,9,13H,2-5,7H2,1H3. The maximum Gasteiger partial charge on any atom is 0.143 e. The molecular weight excluding hydrogens is 180 g/mol. The molecule has 4 nitrogen and oxygen atoms in total. The summed E-state index contributed by atoms with van der Waals surface area (Å²) in [5.74, 6) is 0.839. The van der Waals surface area contributed by atoms with E-state index in [-0.39, 0.29) is 6.61 Å². The van der Waals surface area contributed by atoms with Crippen molar-refractivity contribution in [3.63, 3.8) is 0 Å². The van der Waals surface area contributed by atoms with Crippen molar-refractivity contribution in [1.29, 1.82) is 0 Å². The minimum atomic E-state index is 0.0231. The first-order chi connectivity index (χ1) is 6.81. The summed E-state index contributed by atoms with van der Waals surface area (Å²) in [6, 6.07) is 0.549. The highest BCUT2D eigenvalue weighted by Crippen LogP contribution is 2.20. The van der Waals surface area contributed by atoms with Gasteiger partial charge in [-0.1, -0.05) is 5.16 Å². The SMILES string of the molecule is CN1CCCC1Cc1oncc1CO. The minimum absolute atomic E-state index is 0.0231. The van der Waals surface area contributed by atoms with E-state index in [1.807, 2.05) is 0 Å². The van der Waals surface area contributed by atoms with Gasteiger partial charge in [-0.15, -0.1) is 0 Å². The van der Waals surface area contributed by atoms with Gasteiger partial charge in [-0.25, -0.2) is 0 Å². The van der Waals surface area contributed by atoms with Crippen LogP contribution < -0.4 is 0 Å². The first-order valence-corrected chi connectivity index (χ1v) is 5.05. The predicted octanol–water partition coefficient (Wildman–Crippen LogP) is 0.804. The van der Waals surface area contributed by atoms with Gasteiger partial charge >= 0.3 is 0 Å². The number of rotatable bonds is 3. The van der Waals surface area contributed by atoms with E-state index in [9.17, 15) is 0 Å². The highest BCUT2D eigenvalue weighted by molar-refractivity contribution is 5.13. The van der Waals surface area contributed by atoms with Crippen molar-refractivity contribution in [2.45, 2.75) is 31.9 Å². The lowest BCUT2D eigenvalue weighted by molar-refractivity contribution is 0.263. The Morgan fingerprint density at radius 2 is 2.57 bits per heavy atom. The number of aliphatic hydroxyl groups excluding tert-OH is 1. The second kappa shape index (κ2) is 4.11. The Morgan fingerprint density at radius 3 is 3.21 bits per heavy atom. The zero-order valence-electron chi connectivity index (χ0n) is 8.44. The molecule has 1 N–H and O–H groups in total. The molecule has 1 saturated heterocycles. The molecule has 0 amide bonds. The summed E-state index contributed by atoms with van der Waals surface area (Å²) in [4.78, 5) is 2.34. The van der Waals surface area contributed by atoms with Crippen LogP contribution in [0.2, 0.25) is 0 Å². The Morgan fingerprint density at radius 1 is 1.71 bits per heavy atom. The van der Waals surface area contributed by atoms with Gasteiger partial charge in [0, 0.05) is 18.0 Å². The second-order valence-electron chi connectivity index (χ2n) is 3.91. The molecule has 14 heavy (non-hydrogen) atoms. The van der Waals surface area contributed by atoms with E-state index in [2.05, 4.69) is 17.1 Å². The number of aliphatic hydroxyl groups is 1. The van der Waals surface area contributed by atoms with Crippen LogP contribution in [0.4, 0.5) is 0 Å². The third-order valence-electron chi connectivity index (χ3n) is 2.99. The fourth-order valence-electron chi connectivity index (χ4n) is 2.03. The third-order valence-corrected chi connectivity index (χ3v) is 2.99. The molecule has 1 atom stereocenters. The molecular formula is C10H16N2O2. The van der Waals surface area contributed by atoms with Crippen molar-refractivity contribution in [3.8, 4) is 0 Å². The van der Waals surface area contributed by atoms with E-state index < -0.39 is 0 Å². The predicted molar refractivity (Wildman–Crippen MR) is 51.8 cm³/mol. The van der Waals surface area contributed by atoms with Crippen molar-refractivity contribution in [3.05, 3.63) is 17.5 Å². The van der Waals surface area contributed by atoms with Crippen LogP contribution >= 0.6 is 0 Å². The lowest BCUT2D eigenvalue weighted by Crippen LogP contribution is -2.26. The first kappa shape index (κ1) is 9.68. The minimum Gasteiger partial charge on any atom is -0.391 e. The molecule has 0 saturated carbocycles. The van der Waals surface area contributed by atoms with Crippen LogP contribution in [0.25, 0.3) is 0 Å². The summed E-state index contributed by atoms with van der Waals surface area (Å²) in [7, 11) is 2.13. The topological polar surface area (TPSA) is 49.5 Å². The zero-order valence-corrected chi connectivity index (χ0v) is 8.44. The fourth-order valence-corrected chi connectivity index (χ4v) is 2.03. The van der Waals surface area contributed by atoms with E-state index in [1.165, 1.54) is 12.8 Å². The summed E-state index contributed by atoms with van der Waals surface area (Å²) >= 11 is 0. The molecule has 2 rings (SSSR count). The van der Waals surface area contributed by atoms with Gasteiger partial charge in [0.25, 0.3) is 0 Å². The maximum atomic E-state index is 9.03. The van der Waals surface area contributed by atoms with Crippen LogP contribution in [0.15, 0.2) is 10.7 Å². The molecule has 1 fully saturated rings. The van der Waals surface area contributed by atoms with Crippen molar-refractivity contribution in [2.75, 3.05) is 13.6 Å². The second-order valence-corrected chi connectivity index (χ2v) is 3.91. The van der Waals surface area contributed by atoms with Crippen LogP contribution in [-0.2, 0) is 13.0 Å². The van der Waals surface area contributed by atoms with Crippen LogP contribution in [0, 0.1) is 0 Å². The Labute approximate surface area is 83.5 Å². The van der Waals surface area contributed by atoms with Gasteiger partial charge in [0.1, 0.15) is 5.76 Å². The average Bonchev–Trinajstić information content (AvgIpc) is 2.77. The number of likely N-dealkylation sites (N-methyl/N-ethyl adjacent to an activating group) is 1. The average molecular weight is 196 g/mol. The Hall–Kier alpha value is -0.870. The van der Waals surface area contributed by atoms with Crippen molar-refractivity contribution >= 4 is 0 Å². The summed E-state index contributed by atoms with van der Waals surface area (Å²) in [6.07, 6.45) is 4.93. The van der Waals surface area contributed by atoms with Crippen LogP contribution in [0.5, 0.6) is 0 Å². The van der Waals surface area contributed by atoms with Gasteiger partial charge < -0.3 is 14.5 Å². The van der Waals surface area contributed by atoms with Crippen LogP contribution in [-0.4, -0.2) is 34.8 Å². The molecule has 78 valence electrons. The number of hydrogen-bond acceptors (Lipinski definition) is 4. The highest BCUT2D eigenvalue weighted by Gasteiger charge is 2.23. The number of likely N-dealkylation sites (tertiary alicyclic amines) is 1. The van der Waals surface area contributed by atoms with E-state index in [4.69, 9.17) is 9.63 Å². The molecule has 0 aromatic carbocycles. The summed E-state index contributed by atoms with van der Waals surface area (Å²) in [5.41, 5.74) is 0.824. The molecule has 0 radical (unpaired) electrons. The lowest BCUT2D eigenvalue weighted by atomic mass is 10.1. The fraction of sp³-hybridized carbons (Fsp3) is 0.700. The summed E-state index contributed by atoms with van der Waals surface area (Å²) < 4.78 is 5.13. The van der Waals surface area contributed by atoms with Gasteiger partial charge in [0.2, 0.25) is 0 Å². The number of nitrogens with zero attached hydrogens (tertiary/aromatic N) is 2. The van der Waals surface area contributed by atoms with Crippen molar-refractivity contribution < 1.29 is 9.63 Å². The van der Waals surface area contributed by atoms with E-state index in [0.717, 1.165) is 24.3 Å². The molecule has 0 spiro atoms. The molecule has 1 aliphatic rings. The largest absolute Gasteiger partial charge is 0.391 e. The Bertz CT molecular complexity index is 298. The molecule has 4 heteroatoms. The monoisotopic (exact) mass is 196 g/mol. The zero-order chi connectivity index (χ0) is 9.97. The molecule has 1 aromatic rings. The van der Waals surface area contributed by atoms with Crippen molar-refractivity contribution in [2.24, 2.45) is 0 Å². The summed E-state index contributed by atoms with van der Waals surface area (Å²) in [5, 5.41) is 12.7. The van der Waals surface area contributed by atoms with Gasteiger partial charge in [-0.3, -0.25) is 0 Å².